The number of ether oxygens (including phenoxy) is 1. The Morgan fingerprint density at radius 3 is 2.23 bits per heavy atom. The quantitative estimate of drug-likeness (QED) is 0.802. The number of hydrogen-bond donors (Lipinski definition) is 2. The number of rotatable bonds is 6. The molecule has 0 aliphatic heterocycles. The van der Waals surface area contributed by atoms with Crippen molar-refractivity contribution in [3.8, 4) is 0 Å². The average molecular weight is 298 g/mol. The molecule has 22 heavy (non-hydrogen) atoms. The van der Waals surface area contributed by atoms with Crippen LogP contribution in [0.1, 0.15) is 11.1 Å². The number of carbonyl (C=O) groups excluding carboxylic acids is 1. The fourth-order valence-electron chi connectivity index (χ4n) is 1.83. The van der Waals surface area contributed by atoms with Crippen molar-refractivity contribution < 1.29 is 19.7 Å². The maximum Gasteiger partial charge on any atom is 0.338 e. The number of aliphatic hydroxyl groups is 2. The molecule has 0 aromatic heterocycles. The predicted molar refractivity (Wildman–Crippen MR) is 83.7 cm³/mol. The van der Waals surface area contributed by atoms with Crippen molar-refractivity contribution in [2.75, 3.05) is 0 Å². The van der Waals surface area contributed by atoms with Crippen molar-refractivity contribution in [3.63, 3.8) is 0 Å². The van der Waals surface area contributed by atoms with Crippen molar-refractivity contribution in [2.45, 2.75) is 18.8 Å². The second-order valence-electron chi connectivity index (χ2n) is 4.80. The molecule has 0 saturated heterocycles. The summed E-state index contributed by atoms with van der Waals surface area (Å²) in [5.74, 6) is -0.853. The van der Waals surface area contributed by atoms with Gasteiger partial charge in [-0.2, -0.15) is 0 Å². The molecule has 0 spiro atoms. The van der Waals surface area contributed by atoms with Crippen molar-refractivity contribution >= 4 is 12.0 Å². The van der Waals surface area contributed by atoms with E-state index in [0.717, 1.165) is 11.1 Å². The average Bonchev–Trinajstić information content (AvgIpc) is 2.58. The molecule has 2 aromatic carbocycles. The normalized spacial score (nSPS) is 13.7. The summed E-state index contributed by atoms with van der Waals surface area (Å²) >= 11 is 0. The Bertz CT molecular complexity index is 607. The van der Waals surface area contributed by atoms with Crippen LogP contribution in [0.4, 0.5) is 0 Å². The van der Waals surface area contributed by atoms with Crippen LogP contribution in [0.2, 0.25) is 0 Å². The third-order valence-corrected chi connectivity index (χ3v) is 3.07. The predicted octanol–water partition coefficient (Wildman–Crippen LogP) is 2.17. The minimum Gasteiger partial charge on any atom is -0.459 e. The van der Waals surface area contributed by atoms with E-state index < -0.39 is 18.2 Å². The molecule has 2 aromatic rings. The summed E-state index contributed by atoms with van der Waals surface area (Å²) in [4.78, 5) is 11.7. The molecule has 0 heterocycles. The molecule has 0 fully saturated rings. The van der Waals surface area contributed by atoms with E-state index in [-0.39, 0.29) is 6.61 Å². The zero-order chi connectivity index (χ0) is 15.8. The molecule has 4 nitrogen and oxygen atoms in total. The first-order valence-electron chi connectivity index (χ1n) is 6.97. The summed E-state index contributed by atoms with van der Waals surface area (Å²) in [6.07, 6.45) is 0.0782. The standard InChI is InChI=1S/C18H18O4/c19-16(12-11-14-7-3-1-4-8-14)17(20)18(21)22-13-15-9-5-2-6-10-15/h1-12,16-17,19-20H,13H2/b12-11+/t16-,17+/m0/s1. The summed E-state index contributed by atoms with van der Waals surface area (Å²) in [6, 6.07) is 18.4. The van der Waals surface area contributed by atoms with E-state index in [4.69, 9.17) is 4.74 Å². The number of carbonyl (C=O) groups is 1. The Morgan fingerprint density at radius 1 is 1.00 bits per heavy atom. The zero-order valence-corrected chi connectivity index (χ0v) is 12.0. The fraction of sp³-hybridized carbons (Fsp3) is 0.167. The second kappa shape index (κ2) is 8.12. The lowest BCUT2D eigenvalue weighted by Gasteiger charge is -2.13. The van der Waals surface area contributed by atoms with E-state index >= 15 is 0 Å². The molecule has 2 atom stereocenters. The van der Waals surface area contributed by atoms with Gasteiger partial charge in [0.05, 0.1) is 0 Å². The van der Waals surface area contributed by atoms with Crippen LogP contribution in [-0.4, -0.2) is 28.4 Å². The van der Waals surface area contributed by atoms with E-state index in [1.165, 1.54) is 6.08 Å². The summed E-state index contributed by atoms with van der Waals surface area (Å²) in [7, 11) is 0. The van der Waals surface area contributed by atoms with Crippen LogP contribution in [0, 0.1) is 0 Å². The molecule has 0 bridgehead atoms. The van der Waals surface area contributed by atoms with Gasteiger partial charge in [-0.25, -0.2) is 4.79 Å². The fourth-order valence-corrected chi connectivity index (χ4v) is 1.83. The second-order valence-corrected chi connectivity index (χ2v) is 4.80. The van der Waals surface area contributed by atoms with Crippen LogP contribution in [0.25, 0.3) is 6.08 Å². The highest BCUT2D eigenvalue weighted by Gasteiger charge is 2.23. The van der Waals surface area contributed by atoms with Gasteiger partial charge < -0.3 is 14.9 Å². The van der Waals surface area contributed by atoms with E-state index in [2.05, 4.69) is 0 Å². The zero-order valence-electron chi connectivity index (χ0n) is 12.0. The summed E-state index contributed by atoms with van der Waals surface area (Å²) in [5.41, 5.74) is 1.68. The molecule has 0 aliphatic rings. The van der Waals surface area contributed by atoms with Gasteiger partial charge in [-0.15, -0.1) is 0 Å². The van der Waals surface area contributed by atoms with E-state index in [1.807, 2.05) is 60.7 Å². The lowest BCUT2D eigenvalue weighted by Crippen LogP contribution is -2.33. The van der Waals surface area contributed by atoms with Crippen LogP contribution in [0.3, 0.4) is 0 Å². The van der Waals surface area contributed by atoms with Crippen LogP contribution in [0.5, 0.6) is 0 Å². The van der Waals surface area contributed by atoms with Crippen LogP contribution >= 0.6 is 0 Å². The Labute approximate surface area is 129 Å². The van der Waals surface area contributed by atoms with Gasteiger partial charge in [0.1, 0.15) is 12.7 Å². The molecule has 0 radical (unpaired) electrons. The van der Waals surface area contributed by atoms with Crippen molar-refractivity contribution in [2.24, 2.45) is 0 Å². The number of esters is 1. The molecule has 4 heteroatoms. The molecule has 114 valence electrons. The molecule has 0 amide bonds. The van der Waals surface area contributed by atoms with Gasteiger partial charge in [0.15, 0.2) is 6.10 Å². The van der Waals surface area contributed by atoms with Gasteiger partial charge in [0.2, 0.25) is 0 Å². The summed E-state index contributed by atoms with van der Waals surface area (Å²) in [5, 5.41) is 19.6. The SMILES string of the molecule is O=C(OCc1ccccc1)[C@H](O)[C@@H](O)/C=C/c1ccccc1. The first-order chi connectivity index (χ1) is 10.7. The molecular weight excluding hydrogens is 280 g/mol. The largest absolute Gasteiger partial charge is 0.459 e. The minimum absolute atomic E-state index is 0.0614. The van der Waals surface area contributed by atoms with E-state index in [1.54, 1.807) is 6.08 Å². The number of hydrogen-bond acceptors (Lipinski definition) is 4. The summed E-state index contributed by atoms with van der Waals surface area (Å²) in [6.45, 7) is 0.0614. The molecule has 0 aliphatic carbocycles. The first kappa shape index (κ1) is 15.9. The van der Waals surface area contributed by atoms with Gasteiger partial charge in [0.25, 0.3) is 0 Å². The highest BCUT2D eigenvalue weighted by molar-refractivity contribution is 5.75. The summed E-state index contributed by atoms with van der Waals surface area (Å²) < 4.78 is 4.98. The molecule has 0 unspecified atom stereocenters. The Kier molecular flexibility index (Phi) is 5.89. The molecule has 0 saturated carbocycles. The minimum atomic E-state index is -1.61. The first-order valence-corrected chi connectivity index (χ1v) is 6.97. The van der Waals surface area contributed by atoms with Crippen LogP contribution < -0.4 is 0 Å². The van der Waals surface area contributed by atoms with E-state index in [0.29, 0.717) is 0 Å². The number of aliphatic hydroxyl groups excluding tert-OH is 2. The molecular formula is C18H18O4. The van der Waals surface area contributed by atoms with Gasteiger partial charge in [-0.05, 0) is 11.1 Å². The van der Waals surface area contributed by atoms with Gasteiger partial charge in [0, 0.05) is 0 Å². The van der Waals surface area contributed by atoms with Crippen molar-refractivity contribution in [1.29, 1.82) is 0 Å². The highest BCUT2D eigenvalue weighted by atomic mass is 16.5. The van der Waals surface area contributed by atoms with Crippen LogP contribution in [-0.2, 0) is 16.1 Å². The lowest BCUT2D eigenvalue weighted by atomic mass is 10.1. The Morgan fingerprint density at radius 2 is 1.59 bits per heavy atom. The highest BCUT2D eigenvalue weighted by Crippen LogP contribution is 2.07. The van der Waals surface area contributed by atoms with Gasteiger partial charge in [-0.1, -0.05) is 72.8 Å². The van der Waals surface area contributed by atoms with E-state index in [9.17, 15) is 15.0 Å². The third-order valence-electron chi connectivity index (χ3n) is 3.07. The lowest BCUT2D eigenvalue weighted by molar-refractivity contribution is -0.159. The third kappa shape index (κ3) is 4.84. The maximum atomic E-state index is 11.7. The van der Waals surface area contributed by atoms with Crippen molar-refractivity contribution in [3.05, 3.63) is 77.9 Å². The molecule has 2 N–H and O–H groups in total. The smallest absolute Gasteiger partial charge is 0.338 e. The Balaban J connectivity index is 1.85. The van der Waals surface area contributed by atoms with Crippen molar-refractivity contribution in [1.82, 2.24) is 0 Å². The maximum absolute atomic E-state index is 11.7. The van der Waals surface area contributed by atoms with Gasteiger partial charge in [-0.3, -0.25) is 0 Å². The topological polar surface area (TPSA) is 66.8 Å². The van der Waals surface area contributed by atoms with Gasteiger partial charge >= 0.3 is 5.97 Å². The van der Waals surface area contributed by atoms with Crippen LogP contribution in [0.15, 0.2) is 66.7 Å². The Hall–Kier alpha value is -2.43. The number of benzene rings is 2. The monoisotopic (exact) mass is 298 g/mol. The molecule has 2 rings (SSSR count).